The van der Waals surface area contributed by atoms with Gasteiger partial charge in [-0.2, -0.15) is 0 Å². The first-order valence-electron chi connectivity index (χ1n) is 9.85. The molecule has 2 aromatic carbocycles. The van der Waals surface area contributed by atoms with E-state index in [0.717, 1.165) is 25.2 Å². The minimum atomic E-state index is -0.160. The van der Waals surface area contributed by atoms with Crippen molar-refractivity contribution in [1.82, 2.24) is 4.90 Å². The fourth-order valence-corrected chi connectivity index (χ4v) is 4.91. The van der Waals surface area contributed by atoms with Gasteiger partial charge < -0.3 is 4.42 Å². The van der Waals surface area contributed by atoms with Crippen LogP contribution in [0, 0.1) is 5.82 Å². The first-order chi connectivity index (χ1) is 13.2. The molecule has 1 aliphatic heterocycles. The van der Waals surface area contributed by atoms with Gasteiger partial charge in [0.05, 0.1) is 12.5 Å². The number of hydrogen-bond donors (Lipinski definition) is 0. The predicted octanol–water partition coefficient (Wildman–Crippen LogP) is 5.57. The van der Waals surface area contributed by atoms with Crippen LogP contribution in [-0.2, 0) is 18.4 Å². The van der Waals surface area contributed by atoms with Gasteiger partial charge >= 0.3 is 0 Å². The van der Waals surface area contributed by atoms with E-state index in [1.165, 1.54) is 42.4 Å². The second-order valence-electron chi connectivity index (χ2n) is 8.07. The van der Waals surface area contributed by atoms with Crippen LogP contribution in [-0.4, -0.2) is 18.0 Å². The van der Waals surface area contributed by atoms with Crippen molar-refractivity contribution in [1.29, 1.82) is 0 Å². The number of furan rings is 1. The summed E-state index contributed by atoms with van der Waals surface area (Å²) < 4.78 is 18.4. The number of rotatable bonds is 3. The average molecular weight is 361 g/mol. The van der Waals surface area contributed by atoms with Crippen LogP contribution < -0.4 is 0 Å². The average Bonchev–Trinajstić information content (AvgIpc) is 3.35. The van der Waals surface area contributed by atoms with Gasteiger partial charge in [0.25, 0.3) is 0 Å². The van der Waals surface area contributed by atoms with Crippen molar-refractivity contribution in [2.24, 2.45) is 0 Å². The maximum atomic E-state index is 13.1. The normalized spacial score (nSPS) is 18.7. The SMILES string of the molecule is Fc1ccc(CN2CCC3(CCc4ccc(-c5ccoc5)cc43)CC2)cc1. The van der Waals surface area contributed by atoms with Gasteiger partial charge in [0.1, 0.15) is 5.82 Å². The molecule has 1 saturated heterocycles. The molecule has 3 heteroatoms. The van der Waals surface area contributed by atoms with Gasteiger partial charge in [0.2, 0.25) is 0 Å². The maximum Gasteiger partial charge on any atom is 0.123 e. The molecule has 138 valence electrons. The number of piperidine rings is 1. The number of benzene rings is 2. The Kier molecular flexibility index (Phi) is 4.13. The van der Waals surface area contributed by atoms with E-state index < -0.39 is 0 Å². The number of hydrogen-bond acceptors (Lipinski definition) is 2. The largest absolute Gasteiger partial charge is 0.472 e. The third-order valence-electron chi connectivity index (χ3n) is 6.54. The van der Waals surface area contributed by atoms with Gasteiger partial charge in [0, 0.05) is 12.1 Å². The molecule has 0 amide bonds. The molecule has 5 rings (SSSR count). The van der Waals surface area contributed by atoms with Crippen molar-refractivity contribution in [3.63, 3.8) is 0 Å². The molecule has 2 nitrogen and oxygen atoms in total. The van der Waals surface area contributed by atoms with E-state index in [0.29, 0.717) is 5.41 Å². The molecule has 1 aliphatic carbocycles. The molecule has 1 fully saturated rings. The van der Waals surface area contributed by atoms with Gasteiger partial charge in [-0.05, 0) is 84.6 Å². The fourth-order valence-electron chi connectivity index (χ4n) is 4.91. The third-order valence-corrected chi connectivity index (χ3v) is 6.54. The Labute approximate surface area is 159 Å². The Hall–Kier alpha value is -2.39. The monoisotopic (exact) mass is 361 g/mol. The number of nitrogens with zero attached hydrogens (tertiary/aromatic N) is 1. The van der Waals surface area contributed by atoms with Crippen LogP contribution in [0.1, 0.15) is 36.0 Å². The Morgan fingerprint density at radius 2 is 1.74 bits per heavy atom. The van der Waals surface area contributed by atoms with Crippen molar-refractivity contribution in [2.75, 3.05) is 13.1 Å². The van der Waals surface area contributed by atoms with Crippen molar-refractivity contribution < 1.29 is 8.81 Å². The summed E-state index contributed by atoms with van der Waals surface area (Å²) in [6.07, 6.45) is 8.44. The molecule has 0 atom stereocenters. The molecule has 3 aromatic rings. The zero-order chi connectivity index (χ0) is 18.3. The lowest BCUT2D eigenvalue weighted by Crippen LogP contribution is -2.41. The highest BCUT2D eigenvalue weighted by Gasteiger charge is 2.41. The van der Waals surface area contributed by atoms with Crippen LogP contribution in [0.5, 0.6) is 0 Å². The summed E-state index contributed by atoms with van der Waals surface area (Å²) in [4.78, 5) is 2.51. The second-order valence-corrected chi connectivity index (χ2v) is 8.07. The molecule has 1 aromatic heterocycles. The predicted molar refractivity (Wildman–Crippen MR) is 105 cm³/mol. The second kappa shape index (κ2) is 6.65. The lowest BCUT2D eigenvalue weighted by molar-refractivity contribution is 0.152. The van der Waals surface area contributed by atoms with Crippen LogP contribution in [0.3, 0.4) is 0 Å². The van der Waals surface area contributed by atoms with Crippen LogP contribution >= 0.6 is 0 Å². The Balaban J connectivity index is 1.33. The highest BCUT2D eigenvalue weighted by molar-refractivity contribution is 5.65. The lowest BCUT2D eigenvalue weighted by Gasteiger charge is -2.40. The van der Waals surface area contributed by atoms with E-state index in [-0.39, 0.29) is 5.82 Å². The van der Waals surface area contributed by atoms with Gasteiger partial charge in [0.15, 0.2) is 0 Å². The maximum absolute atomic E-state index is 13.1. The molecule has 2 aliphatic rings. The van der Waals surface area contributed by atoms with E-state index in [4.69, 9.17) is 4.42 Å². The molecule has 0 N–H and O–H groups in total. The van der Waals surface area contributed by atoms with Gasteiger partial charge in [-0.3, -0.25) is 4.90 Å². The fraction of sp³-hybridized carbons (Fsp3) is 0.333. The number of fused-ring (bicyclic) bond motifs is 2. The molecular formula is C24H24FNO. The topological polar surface area (TPSA) is 16.4 Å². The van der Waals surface area contributed by atoms with E-state index in [1.807, 2.05) is 24.5 Å². The summed E-state index contributed by atoms with van der Waals surface area (Å²) >= 11 is 0. The Morgan fingerprint density at radius 1 is 0.926 bits per heavy atom. The first-order valence-corrected chi connectivity index (χ1v) is 9.85. The number of likely N-dealkylation sites (tertiary alicyclic amines) is 1. The van der Waals surface area contributed by atoms with Crippen molar-refractivity contribution in [3.8, 4) is 11.1 Å². The molecule has 0 unspecified atom stereocenters. The van der Waals surface area contributed by atoms with E-state index in [9.17, 15) is 4.39 Å². The summed E-state index contributed by atoms with van der Waals surface area (Å²) in [5, 5.41) is 0. The summed E-state index contributed by atoms with van der Waals surface area (Å²) in [7, 11) is 0. The highest BCUT2D eigenvalue weighted by Crippen LogP contribution is 2.47. The van der Waals surface area contributed by atoms with Crippen molar-refractivity contribution in [3.05, 3.63) is 83.6 Å². The first kappa shape index (κ1) is 16.8. The van der Waals surface area contributed by atoms with Crippen LogP contribution in [0.2, 0.25) is 0 Å². The van der Waals surface area contributed by atoms with E-state index in [1.54, 1.807) is 24.0 Å². The van der Waals surface area contributed by atoms with E-state index in [2.05, 4.69) is 23.1 Å². The van der Waals surface area contributed by atoms with Crippen LogP contribution in [0.15, 0.2) is 65.5 Å². The smallest absolute Gasteiger partial charge is 0.123 e. The zero-order valence-corrected chi connectivity index (χ0v) is 15.5. The third kappa shape index (κ3) is 3.10. The number of aryl methyl sites for hydroxylation is 1. The van der Waals surface area contributed by atoms with Crippen LogP contribution in [0.25, 0.3) is 11.1 Å². The minimum absolute atomic E-state index is 0.160. The summed E-state index contributed by atoms with van der Waals surface area (Å²) in [5.74, 6) is -0.160. The standard InChI is InChI=1S/C24H24FNO/c25-22-5-1-18(2-6-22)16-26-12-10-24(11-13-26)9-7-19-3-4-20(15-23(19)24)21-8-14-27-17-21/h1-6,8,14-15,17H,7,9-13,16H2. The summed E-state index contributed by atoms with van der Waals surface area (Å²) in [6, 6.07) is 15.9. The zero-order valence-electron chi connectivity index (χ0n) is 15.5. The summed E-state index contributed by atoms with van der Waals surface area (Å²) in [5.41, 5.74) is 7.03. The quantitative estimate of drug-likeness (QED) is 0.607. The van der Waals surface area contributed by atoms with Crippen molar-refractivity contribution >= 4 is 0 Å². The lowest BCUT2D eigenvalue weighted by atomic mass is 9.73. The molecule has 27 heavy (non-hydrogen) atoms. The minimum Gasteiger partial charge on any atom is -0.472 e. The Morgan fingerprint density at radius 3 is 2.48 bits per heavy atom. The molecule has 0 saturated carbocycles. The van der Waals surface area contributed by atoms with Gasteiger partial charge in [-0.25, -0.2) is 4.39 Å². The Bertz CT molecular complexity index is 922. The van der Waals surface area contributed by atoms with Gasteiger partial charge in [-0.1, -0.05) is 30.3 Å². The molecule has 2 heterocycles. The van der Waals surface area contributed by atoms with Gasteiger partial charge in [-0.15, -0.1) is 0 Å². The van der Waals surface area contributed by atoms with Crippen molar-refractivity contribution in [2.45, 2.75) is 37.6 Å². The van der Waals surface area contributed by atoms with E-state index >= 15 is 0 Å². The number of halogens is 1. The molecule has 0 radical (unpaired) electrons. The molecule has 0 bridgehead atoms. The van der Waals surface area contributed by atoms with Crippen LogP contribution in [0.4, 0.5) is 4.39 Å². The molecular weight excluding hydrogens is 337 g/mol. The molecule has 1 spiro atoms. The summed E-state index contributed by atoms with van der Waals surface area (Å²) in [6.45, 7) is 3.12. The highest BCUT2D eigenvalue weighted by atomic mass is 19.1.